The number of carboxylic acids is 1. The van der Waals surface area contributed by atoms with E-state index in [1.54, 1.807) is 0 Å². The number of carboxylic acid groups (broad SMARTS) is 1. The highest BCUT2D eigenvalue weighted by Gasteiger charge is 2.26. The molecule has 120 valence electrons. The van der Waals surface area contributed by atoms with E-state index in [4.69, 9.17) is 5.11 Å². The predicted molar refractivity (Wildman–Crippen MR) is 92.4 cm³/mol. The fourth-order valence-electron chi connectivity index (χ4n) is 3.34. The second-order valence-electron chi connectivity index (χ2n) is 6.03. The second-order valence-corrected chi connectivity index (χ2v) is 6.03. The standard InChI is InChI=1S/C18H26O2.C2H2/c19-18(20)14-17-13-7-12-16(17)11-6-2-5-10-15-8-3-1-4-9-15;1-2/h3,6,8-9,11,16-17H,1-2,4-5,7,10,12-14H2,(H,19,20);1-2H/b11-6+;/t16-,17+;/m0./s1. The van der Waals surface area contributed by atoms with Crippen LogP contribution in [0.25, 0.3) is 0 Å². The Bertz CT molecular complexity index is 440. The second kappa shape index (κ2) is 10.9. The first-order valence-corrected chi connectivity index (χ1v) is 8.33. The number of terminal acetylenes is 1. The van der Waals surface area contributed by atoms with Gasteiger partial charge in [0.05, 0.1) is 0 Å². The third-order valence-corrected chi connectivity index (χ3v) is 4.45. The molecule has 0 bridgehead atoms. The maximum absolute atomic E-state index is 10.8. The lowest BCUT2D eigenvalue weighted by molar-refractivity contribution is -0.138. The smallest absolute Gasteiger partial charge is 0.303 e. The average molecular weight is 300 g/mol. The summed E-state index contributed by atoms with van der Waals surface area (Å²) in [5, 5.41) is 8.91. The number of aliphatic carboxylic acids is 1. The van der Waals surface area contributed by atoms with Crippen LogP contribution in [0.15, 0.2) is 36.0 Å². The minimum absolute atomic E-state index is 0.340. The van der Waals surface area contributed by atoms with Gasteiger partial charge in [0.1, 0.15) is 0 Å². The van der Waals surface area contributed by atoms with Crippen LogP contribution in [0, 0.1) is 24.7 Å². The summed E-state index contributed by atoms with van der Waals surface area (Å²) in [6.07, 6.45) is 29.1. The van der Waals surface area contributed by atoms with Crippen molar-refractivity contribution in [3.05, 3.63) is 36.0 Å². The van der Waals surface area contributed by atoms with Crippen LogP contribution in [0.1, 0.15) is 57.8 Å². The number of rotatable bonds is 7. The fourth-order valence-corrected chi connectivity index (χ4v) is 3.34. The van der Waals surface area contributed by atoms with E-state index in [1.807, 2.05) is 0 Å². The maximum atomic E-state index is 10.8. The Morgan fingerprint density at radius 2 is 2.14 bits per heavy atom. The lowest BCUT2D eigenvalue weighted by atomic mass is 9.92. The van der Waals surface area contributed by atoms with Crippen LogP contribution in [-0.4, -0.2) is 11.1 Å². The Labute approximate surface area is 135 Å². The van der Waals surface area contributed by atoms with Gasteiger partial charge < -0.3 is 5.11 Å². The van der Waals surface area contributed by atoms with Gasteiger partial charge in [0.25, 0.3) is 0 Å². The van der Waals surface area contributed by atoms with Crippen LogP contribution >= 0.6 is 0 Å². The van der Waals surface area contributed by atoms with Crippen molar-refractivity contribution in [1.82, 2.24) is 0 Å². The van der Waals surface area contributed by atoms with Crippen molar-refractivity contribution in [2.24, 2.45) is 11.8 Å². The first-order valence-electron chi connectivity index (χ1n) is 8.33. The number of hydrogen-bond acceptors (Lipinski definition) is 1. The van der Waals surface area contributed by atoms with Crippen LogP contribution < -0.4 is 0 Å². The van der Waals surface area contributed by atoms with Gasteiger partial charge in [-0.25, -0.2) is 0 Å². The lowest BCUT2D eigenvalue weighted by Crippen LogP contribution is -2.10. The predicted octanol–water partition coefficient (Wildman–Crippen LogP) is 5.13. The first-order chi connectivity index (χ1) is 10.8. The Morgan fingerprint density at radius 1 is 1.32 bits per heavy atom. The molecular weight excluding hydrogens is 272 g/mol. The molecule has 0 aromatic heterocycles. The summed E-state index contributed by atoms with van der Waals surface area (Å²) >= 11 is 0. The normalized spacial score (nSPS) is 23.8. The molecule has 0 unspecified atom stereocenters. The van der Waals surface area contributed by atoms with Crippen LogP contribution in [0.4, 0.5) is 0 Å². The maximum Gasteiger partial charge on any atom is 0.303 e. The number of carbonyl (C=O) groups is 1. The summed E-state index contributed by atoms with van der Waals surface area (Å²) in [5.74, 6) is 0.221. The third-order valence-electron chi connectivity index (χ3n) is 4.45. The molecule has 1 N–H and O–H groups in total. The molecule has 2 aliphatic carbocycles. The third kappa shape index (κ3) is 6.80. The van der Waals surface area contributed by atoms with E-state index in [9.17, 15) is 4.79 Å². The number of unbranched alkanes of at least 4 members (excludes halogenated alkanes) is 1. The molecule has 22 heavy (non-hydrogen) atoms. The Hall–Kier alpha value is -1.75. The van der Waals surface area contributed by atoms with Crippen molar-refractivity contribution < 1.29 is 9.90 Å². The van der Waals surface area contributed by atoms with Gasteiger partial charge in [0, 0.05) is 6.42 Å². The molecule has 0 spiro atoms. The monoisotopic (exact) mass is 300 g/mol. The van der Waals surface area contributed by atoms with Crippen molar-refractivity contribution in [2.75, 3.05) is 0 Å². The summed E-state index contributed by atoms with van der Waals surface area (Å²) in [7, 11) is 0. The highest BCUT2D eigenvalue weighted by molar-refractivity contribution is 5.67. The van der Waals surface area contributed by atoms with E-state index in [-0.39, 0.29) is 0 Å². The van der Waals surface area contributed by atoms with E-state index in [0.717, 1.165) is 12.8 Å². The first kappa shape index (κ1) is 18.3. The van der Waals surface area contributed by atoms with Gasteiger partial charge in [-0.05, 0) is 56.8 Å². The van der Waals surface area contributed by atoms with Crippen molar-refractivity contribution in [3.63, 3.8) is 0 Å². The molecule has 2 heteroatoms. The Balaban J connectivity index is 0.00000116. The van der Waals surface area contributed by atoms with Gasteiger partial charge in [-0.2, -0.15) is 0 Å². The van der Waals surface area contributed by atoms with Crippen LogP contribution in [0.5, 0.6) is 0 Å². The minimum atomic E-state index is -0.647. The van der Waals surface area contributed by atoms with E-state index in [1.165, 1.54) is 44.1 Å². The summed E-state index contributed by atoms with van der Waals surface area (Å²) in [6, 6.07) is 0. The SMILES string of the molecule is C#C.O=C(O)C[C@H]1CCC[C@@H]1/C=C/CCCC1=CCCC=C1. The molecule has 2 nitrogen and oxygen atoms in total. The minimum Gasteiger partial charge on any atom is -0.481 e. The van der Waals surface area contributed by atoms with Crippen LogP contribution in [0.2, 0.25) is 0 Å². The molecule has 0 aliphatic heterocycles. The number of hydrogen-bond donors (Lipinski definition) is 1. The van der Waals surface area contributed by atoms with Gasteiger partial charge in [-0.3, -0.25) is 4.79 Å². The van der Waals surface area contributed by atoms with Gasteiger partial charge in [0.2, 0.25) is 0 Å². The zero-order chi connectivity index (χ0) is 16.2. The van der Waals surface area contributed by atoms with Crippen LogP contribution in [0.3, 0.4) is 0 Å². The van der Waals surface area contributed by atoms with Crippen LogP contribution in [-0.2, 0) is 4.79 Å². The molecule has 2 rings (SSSR count). The average Bonchev–Trinajstić information content (AvgIpc) is 2.96. The molecule has 2 atom stereocenters. The molecule has 2 aliphatic rings. The topological polar surface area (TPSA) is 37.3 Å². The summed E-state index contributed by atoms with van der Waals surface area (Å²) in [6.45, 7) is 0. The zero-order valence-electron chi connectivity index (χ0n) is 13.4. The lowest BCUT2D eigenvalue weighted by Gasteiger charge is -2.13. The van der Waals surface area contributed by atoms with E-state index in [2.05, 4.69) is 43.2 Å². The largest absolute Gasteiger partial charge is 0.481 e. The van der Waals surface area contributed by atoms with E-state index < -0.39 is 5.97 Å². The zero-order valence-corrected chi connectivity index (χ0v) is 13.4. The molecule has 0 aromatic carbocycles. The molecule has 0 aromatic rings. The van der Waals surface area contributed by atoms with Gasteiger partial charge in [-0.15, -0.1) is 12.8 Å². The van der Waals surface area contributed by atoms with Crippen molar-refractivity contribution in [3.8, 4) is 12.8 Å². The molecule has 0 amide bonds. The molecule has 0 radical (unpaired) electrons. The molecule has 0 heterocycles. The number of allylic oxidation sites excluding steroid dienone is 6. The quantitative estimate of drug-likeness (QED) is 0.402. The summed E-state index contributed by atoms with van der Waals surface area (Å²) < 4.78 is 0. The highest BCUT2D eigenvalue weighted by Crippen LogP contribution is 2.35. The Kier molecular flexibility index (Phi) is 9.07. The molecule has 0 saturated heterocycles. The van der Waals surface area contributed by atoms with Crippen molar-refractivity contribution >= 4 is 5.97 Å². The molecule has 1 saturated carbocycles. The van der Waals surface area contributed by atoms with Gasteiger partial charge >= 0.3 is 5.97 Å². The van der Waals surface area contributed by atoms with E-state index in [0.29, 0.717) is 18.3 Å². The van der Waals surface area contributed by atoms with Gasteiger partial charge in [-0.1, -0.05) is 42.4 Å². The van der Waals surface area contributed by atoms with Crippen molar-refractivity contribution in [2.45, 2.75) is 57.8 Å². The summed E-state index contributed by atoms with van der Waals surface area (Å²) in [4.78, 5) is 10.8. The Morgan fingerprint density at radius 3 is 2.82 bits per heavy atom. The fraction of sp³-hybridized carbons (Fsp3) is 0.550. The summed E-state index contributed by atoms with van der Waals surface area (Å²) in [5.41, 5.74) is 1.48. The van der Waals surface area contributed by atoms with E-state index >= 15 is 0 Å². The van der Waals surface area contributed by atoms with Crippen molar-refractivity contribution in [1.29, 1.82) is 0 Å². The van der Waals surface area contributed by atoms with Gasteiger partial charge in [0.15, 0.2) is 0 Å². The molecule has 1 fully saturated rings. The molecular formula is C20H28O2. The highest BCUT2D eigenvalue weighted by atomic mass is 16.4.